The van der Waals surface area contributed by atoms with Crippen LogP contribution in [0.4, 0.5) is 4.79 Å². The van der Waals surface area contributed by atoms with Crippen molar-refractivity contribution in [3.05, 3.63) is 35.9 Å². The zero-order valence-corrected chi connectivity index (χ0v) is 16.6. The minimum Gasteiger partial charge on any atom is -0.480 e. The van der Waals surface area contributed by atoms with Crippen LogP contribution in [0.15, 0.2) is 30.3 Å². The molecule has 154 valence electrons. The number of ether oxygens (including phenoxy) is 1. The molecule has 28 heavy (non-hydrogen) atoms. The van der Waals surface area contributed by atoms with E-state index in [1.165, 1.54) is 38.5 Å². The number of benzene rings is 1. The average Bonchev–Trinajstić information content (AvgIpc) is 2.74. The molecule has 5 nitrogen and oxygen atoms in total. The van der Waals surface area contributed by atoms with Crippen LogP contribution in [0.25, 0.3) is 0 Å². The quantitative estimate of drug-likeness (QED) is 0.679. The topological polar surface area (TPSA) is 75.6 Å². The van der Waals surface area contributed by atoms with Gasteiger partial charge in [0, 0.05) is 0 Å². The second-order valence-electron chi connectivity index (χ2n) is 8.40. The molecule has 0 bridgehead atoms. The third kappa shape index (κ3) is 5.73. The molecule has 2 aliphatic rings. The van der Waals surface area contributed by atoms with Crippen LogP contribution < -0.4 is 5.32 Å². The highest BCUT2D eigenvalue weighted by molar-refractivity contribution is 5.80. The number of nitrogens with one attached hydrogen (secondary N) is 1. The first-order chi connectivity index (χ1) is 13.6. The number of amides is 1. The number of carboxylic acids is 1. The van der Waals surface area contributed by atoms with E-state index < -0.39 is 18.1 Å². The summed E-state index contributed by atoms with van der Waals surface area (Å²) in [5, 5.41) is 12.7. The van der Waals surface area contributed by atoms with Gasteiger partial charge in [0.25, 0.3) is 0 Å². The van der Waals surface area contributed by atoms with Gasteiger partial charge in [-0.3, -0.25) is 0 Å². The van der Waals surface area contributed by atoms with Crippen molar-refractivity contribution in [2.24, 2.45) is 17.8 Å². The Bertz CT molecular complexity index is 603. The van der Waals surface area contributed by atoms with Gasteiger partial charge in [-0.2, -0.15) is 0 Å². The number of carbonyl (C=O) groups excluding carboxylic acids is 1. The van der Waals surface area contributed by atoms with Crippen molar-refractivity contribution in [2.75, 3.05) is 0 Å². The average molecular weight is 388 g/mol. The molecule has 1 atom stereocenters. The van der Waals surface area contributed by atoms with Crippen LogP contribution in [0.3, 0.4) is 0 Å². The molecule has 0 saturated heterocycles. The third-order valence-corrected chi connectivity index (χ3v) is 6.53. The highest BCUT2D eigenvalue weighted by atomic mass is 16.5. The van der Waals surface area contributed by atoms with Gasteiger partial charge in [0.2, 0.25) is 0 Å². The first kappa shape index (κ1) is 20.7. The maximum atomic E-state index is 12.4. The molecule has 0 radical (unpaired) electrons. The van der Waals surface area contributed by atoms with E-state index in [0.717, 1.165) is 31.2 Å². The summed E-state index contributed by atoms with van der Waals surface area (Å²) in [6.07, 6.45) is 10.8. The summed E-state index contributed by atoms with van der Waals surface area (Å²) < 4.78 is 5.32. The van der Waals surface area contributed by atoms with E-state index in [1.807, 2.05) is 30.3 Å². The highest BCUT2D eigenvalue weighted by Gasteiger charge is 2.41. The fraction of sp³-hybridized carbons (Fsp3) is 0.652. The molecule has 0 unspecified atom stereocenters. The van der Waals surface area contributed by atoms with E-state index in [9.17, 15) is 14.7 Å². The van der Waals surface area contributed by atoms with Crippen LogP contribution in [-0.4, -0.2) is 23.2 Å². The van der Waals surface area contributed by atoms with Gasteiger partial charge in [-0.05, 0) is 23.3 Å². The summed E-state index contributed by atoms with van der Waals surface area (Å²) in [4.78, 5) is 24.6. The van der Waals surface area contributed by atoms with Gasteiger partial charge in [-0.25, -0.2) is 9.59 Å². The van der Waals surface area contributed by atoms with Gasteiger partial charge in [0.15, 0.2) is 0 Å². The lowest BCUT2D eigenvalue weighted by molar-refractivity contribution is -0.142. The second-order valence-corrected chi connectivity index (χ2v) is 8.40. The van der Waals surface area contributed by atoms with Gasteiger partial charge in [-0.1, -0.05) is 94.5 Å². The lowest BCUT2D eigenvalue weighted by atomic mass is 9.66. The number of hydrogen-bond donors (Lipinski definition) is 2. The molecule has 5 heteroatoms. The Morgan fingerprint density at radius 2 is 1.46 bits per heavy atom. The van der Waals surface area contributed by atoms with Gasteiger partial charge in [0.05, 0.1) is 0 Å². The minimum atomic E-state index is -0.933. The number of hydrogen-bond acceptors (Lipinski definition) is 3. The zero-order valence-electron chi connectivity index (χ0n) is 16.6. The van der Waals surface area contributed by atoms with E-state index in [2.05, 4.69) is 5.32 Å². The van der Waals surface area contributed by atoms with Crippen LogP contribution in [0.2, 0.25) is 0 Å². The fourth-order valence-electron chi connectivity index (χ4n) is 5.18. The van der Waals surface area contributed by atoms with Crippen LogP contribution in [0.5, 0.6) is 0 Å². The number of aliphatic carboxylic acids is 1. The van der Waals surface area contributed by atoms with Gasteiger partial charge >= 0.3 is 12.1 Å². The number of rotatable bonds is 7. The summed E-state index contributed by atoms with van der Waals surface area (Å²) in [6, 6.07) is 8.58. The summed E-state index contributed by atoms with van der Waals surface area (Å²) >= 11 is 0. The molecule has 1 aromatic carbocycles. The van der Waals surface area contributed by atoms with E-state index in [1.54, 1.807) is 0 Å². The summed E-state index contributed by atoms with van der Waals surface area (Å²) in [5.41, 5.74) is 0.889. The van der Waals surface area contributed by atoms with Crippen molar-refractivity contribution < 1.29 is 19.4 Å². The van der Waals surface area contributed by atoms with E-state index in [-0.39, 0.29) is 12.5 Å². The predicted octanol–water partition coefficient (Wildman–Crippen LogP) is 5.14. The zero-order chi connectivity index (χ0) is 19.8. The molecule has 2 aliphatic carbocycles. The summed E-state index contributed by atoms with van der Waals surface area (Å²) in [5.74, 6) is -0.167. The largest absolute Gasteiger partial charge is 0.480 e. The van der Waals surface area contributed by atoms with Crippen molar-refractivity contribution >= 4 is 12.1 Å². The molecule has 1 aromatic rings. The second kappa shape index (κ2) is 10.5. The third-order valence-electron chi connectivity index (χ3n) is 6.53. The van der Waals surface area contributed by atoms with Crippen LogP contribution in [0, 0.1) is 17.8 Å². The molecule has 0 aliphatic heterocycles. The minimum absolute atomic E-state index is 0.00220. The molecule has 0 heterocycles. The summed E-state index contributed by atoms with van der Waals surface area (Å²) in [6.45, 7) is 0.149. The maximum absolute atomic E-state index is 12.4. The maximum Gasteiger partial charge on any atom is 0.408 e. The Morgan fingerprint density at radius 3 is 1.96 bits per heavy atom. The number of carboxylic acid groups (broad SMARTS) is 1. The predicted molar refractivity (Wildman–Crippen MR) is 108 cm³/mol. The van der Waals surface area contributed by atoms with Gasteiger partial charge < -0.3 is 15.2 Å². The smallest absolute Gasteiger partial charge is 0.408 e. The molecule has 2 fully saturated rings. The fourth-order valence-corrected chi connectivity index (χ4v) is 5.18. The standard InChI is InChI=1S/C23H33NO4/c25-22(26)21(24-23(27)28-16-17-10-4-1-5-11-17)20(18-12-6-2-7-13-18)19-14-8-3-9-15-19/h1,4-5,10-11,18-21H,2-3,6-9,12-16H2,(H,24,27)(H,25,26)/t21-/m1/s1. The molecular weight excluding hydrogens is 354 g/mol. The molecule has 0 spiro atoms. The van der Waals surface area contributed by atoms with Gasteiger partial charge in [0.1, 0.15) is 12.6 Å². The Labute approximate surface area is 167 Å². The monoisotopic (exact) mass is 387 g/mol. The Morgan fingerprint density at radius 1 is 0.929 bits per heavy atom. The SMILES string of the molecule is O=C(N[C@@H](C(=O)O)C(C1CCCCC1)C1CCCCC1)OCc1ccccc1. The highest BCUT2D eigenvalue weighted by Crippen LogP contribution is 2.41. The Balaban J connectivity index is 1.68. The van der Waals surface area contributed by atoms with Crippen molar-refractivity contribution in [1.82, 2.24) is 5.32 Å². The van der Waals surface area contributed by atoms with Crippen molar-refractivity contribution in [1.29, 1.82) is 0 Å². The lowest BCUT2D eigenvalue weighted by Crippen LogP contribution is -2.51. The first-order valence-corrected chi connectivity index (χ1v) is 10.8. The molecule has 1 amide bonds. The normalized spacial score (nSPS) is 19.9. The lowest BCUT2D eigenvalue weighted by Gasteiger charge is -2.40. The van der Waals surface area contributed by atoms with Crippen LogP contribution in [0.1, 0.15) is 69.8 Å². The van der Waals surface area contributed by atoms with Crippen molar-refractivity contribution in [3.63, 3.8) is 0 Å². The number of carbonyl (C=O) groups is 2. The van der Waals surface area contributed by atoms with E-state index in [0.29, 0.717) is 11.8 Å². The van der Waals surface area contributed by atoms with Crippen molar-refractivity contribution in [2.45, 2.75) is 76.9 Å². The molecule has 2 N–H and O–H groups in total. The van der Waals surface area contributed by atoms with Crippen molar-refractivity contribution in [3.8, 4) is 0 Å². The van der Waals surface area contributed by atoms with E-state index >= 15 is 0 Å². The Hall–Kier alpha value is -2.04. The molecular formula is C23H33NO4. The van der Waals surface area contributed by atoms with E-state index in [4.69, 9.17) is 4.74 Å². The molecule has 3 rings (SSSR count). The molecule has 2 saturated carbocycles. The number of alkyl carbamates (subject to hydrolysis) is 1. The van der Waals surface area contributed by atoms with Crippen LogP contribution >= 0.6 is 0 Å². The first-order valence-electron chi connectivity index (χ1n) is 10.8. The van der Waals surface area contributed by atoms with Gasteiger partial charge in [-0.15, -0.1) is 0 Å². The molecule has 0 aromatic heterocycles. The Kier molecular flexibility index (Phi) is 7.75. The summed E-state index contributed by atoms with van der Waals surface area (Å²) in [7, 11) is 0. The van der Waals surface area contributed by atoms with Crippen LogP contribution in [-0.2, 0) is 16.1 Å².